The quantitative estimate of drug-likeness (QED) is 0.273. The third-order valence-corrected chi connectivity index (χ3v) is 11.0. The van der Waals surface area contributed by atoms with Crippen LogP contribution < -0.4 is 4.72 Å². The van der Waals surface area contributed by atoms with E-state index in [-0.39, 0.29) is 20.0 Å². The Morgan fingerprint density at radius 3 is 2.47 bits per heavy atom. The van der Waals surface area contributed by atoms with E-state index >= 15 is 0 Å². The number of esters is 1. The molecule has 1 aliphatic heterocycles. The van der Waals surface area contributed by atoms with Crippen LogP contribution >= 0.6 is 45.9 Å². The molecule has 4 heterocycles. The number of anilines is 1. The number of aryl methyl sites for hydroxylation is 2. The van der Waals surface area contributed by atoms with E-state index in [4.69, 9.17) is 32.9 Å². The van der Waals surface area contributed by atoms with Crippen LogP contribution in [0.2, 0.25) is 9.36 Å². The van der Waals surface area contributed by atoms with Crippen LogP contribution in [0, 0.1) is 20.8 Å². The van der Waals surface area contributed by atoms with Gasteiger partial charge in [0.2, 0.25) is 0 Å². The first-order valence-electron chi connectivity index (χ1n) is 11.3. The Kier molecular flexibility index (Phi) is 7.12. The van der Waals surface area contributed by atoms with Gasteiger partial charge in [-0.25, -0.2) is 8.42 Å². The lowest BCUT2D eigenvalue weighted by molar-refractivity contribution is -0.141. The van der Waals surface area contributed by atoms with Crippen molar-refractivity contribution in [2.24, 2.45) is 4.99 Å². The summed E-state index contributed by atoms with van der Waals surface area (Å²) in [5.74, 6) is 0.831. The molecule has 0 saturated carbocycles. The Hall–Kier alpha value is -2.77. The molecule has 4 aromatic rings. The van der Waals surface area contributed by atoms with Crippen LogP contribution in [0.4, 0.5) is 5.69 Å². The normalized spacial score (nSPS) is 14.9. The molecule has 9 nitrogen and oxygen atoms in total. The van der Waals surface area contributed by atoms with Crippen molar-refractivity contribution >= 4 is 73.3 Å². The molecule has 0 spiro atoms. The van der Waals surface area contributed by atoms with E-state index in [2.05, 4.69) is 14.9 Å². The Morgan fingerprint density at radius 2 is 1.84 bits per heavy atom. The van der Waals surface area contributed by atoms with Crippen molar-refractivity contribution in [2.45, 2.75) is 37.4 Å². The minimum Gasteiger partial charge on any atom is -0.469 e. The molecule has 0 fully saturated rings. The van der Waals surface area contributed by atoms with Crippen LogP contribution in [0.3, 0.4) is 0 Å². The minimum atomic E-state index is -3.87. The second kappa shape index (κ2) is 10.1. The number of nitrogens with one attached hydrogen (secondary N) is 1. The third-order valence-electron chi connectivity index (χ3n) is 6.13. The van der Waals surface area contributed by atoms with Gasteiger partial charge in [-0.15, -0.1) is 32.9 Å². The predicted molar refractivity (Wildman–Crippen MR) is 150 cm³/mol. The second-order valence-corrected chi connectivity index (χ2v) is 13.7. The average molecular weight is 611 g/mol. The number of nitrogens with zero attached hydrogens (tertiary/aromatic N) is 4. The van der Waals surface area contributed by atoms with Crippen LogP contribution in [-0.4, -0.2) is 42.0 Å². The molecule has 0 radical (unpaired) electrons. The summed E-state index contributed by atoms with van der Waals surface area (Å²) >= 11 is 14.4. The number of aromatic nitrogens is 3. The van der Waals surface area contributed by atoms with Gasteiger partial charge in [0.1, 0.15) is 25.4 Å². The zero-order valence-corrected chi connectivity index (χ0v) is 24.5. The molecule has 198 valence electrons. The summed E-state index contributed by atoms with van der Waals surface area (Å²) in [7, 11) is -2.53. The van der Waals surface area contributed by atoms with Gasteiger partial charge in [0.25, 0.3) is 10.0 Å². The number of methoxy groups -OCH3 is 1. The molecular weight excluding hydrogens is 589 g/mol. The molecule has 1 aromatic carbocycles. The van der Waals surface area contributed by atoms with Crippen LogP contribution in [0.15, 0.2) is 39.5 Å². The summed E-state index contributed by atoms with van der Waals surface area (Å²) in [4.78, 5) is 18.4. The fraction of sp³-hybridized carbons (Fsp3) is 0.250. The molecule has 1 atom stereocenters. The SMILES string of the molecule is COC(=O)C[C@@H]1N=C(c2ccc(NS(=O)(=O)c3cc(Cl)c(Cl)s3)cc2)c2c(sc(C)c2C)-n2c(C)nnc21. The number of halogens is 2. The van der Waals surface area contributed by atoms with Crippen molar-refractivity contribution in [1.29, 1.82) is 0 Å². The van der Waals surface area contributed by atoms with Crippen LogP contribution in [0.1, 0.15) is 45.7 Å². The highest BCUT2D eigenvalue weighted by atomic mass is 35.5. The van der Waals surface area contributed by atoms with E-state index in [1.807, 2.05) is 25.3 Å². The predicted octanol–water partition coefficient (Wildman–Crippen LogP) is 5.88. The molecule has 1 aliphatic rings. The van der Waals surface area contributed by atoms with Crippen molar-refractivity contribution in [3.8, 4) is 5.00 Å². The number of rotatable bonds is 6. The number of ether oxygens (including phenoxy) is 1. The molecule has 0 aliphatic carbocycles. The van der Waals surface area contributed by atoms with E-state index in [0.29, 0.717) is 23.0 Å². The number of thiophene rings is 2. The smallest absolute Gasteiger partial charge is 0.308 e. The van der Waals surface area contributed by atoms with Gasteiger partial charge in [-0.3, -0.25) is 19.1 Å². The summed E-state index contributed by atoms with van der Waals surface area (Å²) in [5.41, 5.74) is 3.76. The van der Waals surface area contributed by atoms with E-state index in [0.717, 1.165) is 37.9 Å². The standard InChI is InChI=1S/C24H21Cl2N5O4S3/c1-11-12(2)36-24-20(11)21(27-17(10-18(32)35-4)23-29-28-13(3)31(23)24)14-5-7-15(8-6-14)30-38(33,34)19-9-16(25)22(26)37-19/h5-9,17,30H,10H2,1-4H3/t17-/m0/s1. The molecule has 0 amide bonds. The molecule has 3 aromatic heterocycles. The van der Waals surface area contributed by atoms with Gasteiger partial charge >= 0.3 is 5.97 Å². The first-order chi connectivity index (χ1) is 18.0. The lowest BCUT2D eigenvalue weighted by atomic mass is 9.99. The second-order valence-electron chi connectivity index (χ2n) is 8.55. The highest BCUT2D eigenvalue weighted by Gasteiger charge is 2.32. The van der Waals surface area contributed by atoms with Gasteiger partial charge in [-0.2, -0.15) is 0 Å². The number of carbonyl (C=O) groups excluding carboxylic acids is 1. The first-order valence-corrected chi connectivity index (χ1v) is 15.1. The first kappa shape index (κ1) is 26.8. The molecular formula is C24H21Cl2N5O4S3. The molecule has 38 heavy (non-hydrogen) atoms. The van der Waals surface area contributed by atoms with E-state index in [1.54, 1.807) is 35.6 Å². The van der Waals surface area contributed by atoms with Crippen LogP contribution in [0.25, 0.3) is 5.00 Å². The monoisotopic (exact) mass is 609 g/mol. The summed E-state index contributed by atoms with van der Waals surface area (Å²) < 4.78 is 35.3. The average Bonchev–Trinajstić information content (AvgIpc) is 3.49. The number of fused-ring (bicyclic) bond motifs is 3. The molecule has 1 N–H and O–H groups in total. The number of aliphatic imine (C=N–C) groups is 1. The van der Waals surface area contributed by atoms with Gasteiger partial charge < -0.3 is 4.74 Å². The van der Waals surface area contributed by atoms with Crippen LogP contribution in [0.5, 0.6) is 0 Å². The van der Waals surface area contributed by atoms with Gasteiger partial charge in [0.15, 0.2) is 5.82 Å². The Labute approximate surface area is 237 Å². The summed E-state index contributed by atoms with van der Waals surface area (Å²) in [6, 6.07) is 7.59. The maximum atomic E-state index is 12.8. The molecule has 5 rings (SSSR count). The minimum absolute atomic E-state index is 0.00504. The van der Waals surface area contributed by atoms with Gasteiger partial charge in [-0.05, 0) is 44.5 Å². The lowest BCUT2D eigenvalue weighted by Crippen LogP contribution is -2.13. The zero-order valence-electron chi connectivity index (χ0n) is 20.6. The fourth-order valence-electron chi connectivity index (χ4n) is 4.13. The number of hydrogen-bond acceptors (Lipinski definition) is 9. The maximum absolute atomic E-state index is 12.8. The largest absolute Gasteiger partial charge is 0.469 e. The van der Waals surface area contributed by atoms with E-state index < -0.39 is 22.0 Å². The molecule has 0 saturated heterocycles. The van der Waals surface area contributed by atoms with Crippen molar-refractivity contribution in [2.75, 3.05) is 11.8 Å². The number of carbonyl (C=O) groups is 1. The van der Waals surface area contributed by atoms with Crippen molar-refractivity contribution in [1.82, 2.24) is 14.8 Å². The summed E-state index contributed by atoms with van der Waals surface area (Å²) in [5, 5.41) is 9.71. The third kappa shape index (κ3) is 4.75. The maximum Gasteiger partial charge on any atom is 0.308 e. The highest BCUT2D eigenvalue weighted by molar-refractivity contribution is 7.94. The van der Waals surface area contributed by atoms with Crippen LogP contribution in [-0.2, 0) is 19.6 Å². The van der Waals surface area contributed by atoms with Crippen molar-refractivity contribution in [3.63, 3.8) is 0 Å². The molecule has 14 heteroatoms. The van der Waals surface area contributed by atoms with Gasteiger partial charge in [0.05, 0.1) is 24.3 Å². The highest BCUT2D eigenvalue weighted by Crippen LogP contribution is 2.40. The van der Waals surface area contributed by atoms with Crippen molar-refractivity contribution in [3.05, 3.63) is 72.9 Å². The Balaban J connectivity index is 1.57. The van der Waals surface area contributed by atoms with Crippen molar-refractivity contribution < 1.29 is 17.9 Å². The molecule has 0 bridgehead atoms. The van der Waals surface area contributed by atoms with E-state index in [9.17, 15) is 13.2 Å². The summed E-state index contributed by atoms with van der Waals surface area (Å²) in [6.07, 6.45) is -0.00504. The summed E-state index contributed by atoms with van der Waals surface area (Å²) in [6.45, 7) is 5.93. The Bertz CT molecular complexity index is 1690. The zero-order chi connectivity index (χ0) is 27.4. The number of sulfonamides is 1. The fourth-order valence-corrected chi connectivity index (χ4v) is 8.28. The number of hydrogen-bond donors (Lipinski definition) is 1. The van der Waals surface area contributed by atoms with E-state index in [1.165, 1.54) is 13.2 Å². The Morgan fingerprint density at radius 1 is 1.13 bits per heavy atom. The number of benzene rings is 1. The van der Waals surface area contributed by atoms with Gasteiger partial charge in [-0.1, -0.05) is 35.3 Å². The molecule has 0 unspecified atom stereocenters. The van der Waals surface area contributed by atoms with Gasteiger partial charge in [0, 0.05) is 21.7 Å². The topological polar surface area (TPSA) is 116 Å². The lowest BCUT2D eigenvalue weighted by Gasteiger charge is -2.12.